The molecule has 4 aromatic carbocycles. The molecule has 0 bridgehead atoms. The van der Waals surface area contributed by atoms with Gasteiger partial charge in [-0.05, 0) is 86.8 Å². The molecule has 670 valence electrons. The van der Waals surface area contributed by atoms with Crippen LogP contribution in [0.25, 0.3) is 0 Å². The average molecular weight is 1800 g/mol. The van der Waals surface area contributed by atoms with E-state index in [1.807, 2.05) is 13.8 Å². The van der Waals surface area contributed by atoms with Gasteiger partial charge < -0.3 is 66.3 Å². The van der Waals surface area contributed by atoms with Crippen molar-refractivity contribution < 1.29 is 121 Å². The molecule has 0 radical (unpaired) electrons. The van der Waals surface area contributed by atoms with Crippen LogP contribution in [0.5, 0.6) is 34.5 Å². The van der Waals surface area contributed by atoms with Crippen molar-refractivity contribution in [3.8, 4) is 34.5 Å². The molecule has 2 saturated heterocycles. The first-order valence-electron chi connectivity index (χ1n) is 41.2. The molecule has 8 heterocycles. The maximum atomic E-state index is 14.1. The van der Waals surface area contributed by atoms with Crippen molar-refractivity contribution in [2.45, 2.75) is 192 Å². The molecule has 123 heavy (non-hydrogen) atoms. The Hall–Kier alpha value is -9.49. The molecule has 0 saturated carbocycles. The fourth-order valence-electron chi connectivity index (χ4n) is 14.9. The summed E-state index contributed by atoms with van der Waals surface area (Å²) in [5, 5.41) is 0. The molecular weight excluding hydrogens is 1690 g/mol. The Morgan fingerprint density at radius 2 is 0.691 bits per heavy atom. The molecular formula is C84H113F3N8O23SSi4. The predicted octanol–water partition coefficient (Wildman–Crippen LogP) is 11.9. The van der Waals surface area contributed by atoms with Gasteiger partial charge in [-0.25, -0.2) is 0 Å². The van der Waals surface area contributed by atoms with E-state index in [1.165, 1.54) is 60.7 Å². The molecule has 39 heteroatoms. The van der Waals surface area contributed by atoms with Crippen molar-refractivity contribution in [2.75, 3.05) is 127 Å². The second kappa shape index (κ2) is 38.1. The fraction of sp³-hybridized carbons (Fsp3) is 0.548. The highest BCUT2D eigenvalue weighted by Gasteiger charge is 2.53. The summed E-state index contributed by atoms with van der Waals surface area (Å²) in [6.45, 7) is 33.5. The number of alkyl halides is 3. The first kappa shape index (κ1) is 94.2. The number of hydrogen-bond acceptors (Lipinski definition) is 23. The predicted molar refractivity (Wildman–Crippen MR) is 461 cm³/mol. The number of hydrogen-bond donors (Lipinski definition) is 0. The molecule has 31 nitrogen and oxygen atoms in total. The van der Waals surface area contributed by atoms with E-state index in [0.29, 0.717) is 96.7 Å². The highest BCUT2D eigenvalue weighted by Crippen LogP contribution is 2.45. The largest absolute Gasteiger partial charge is 0.534 e. The minimum Gasteiger partial charge on any atom is -0.493 e. The number of methoxy groups -OCH3 is 2. The summed E-state index contributed by atoms with van der Waals surface area (Å²) in [5.74, 6) is -2.76. The number of amides is 8. The molecule has 0 N–H and O–H groups in total. The van der Waals surface area contributed by atoms with E-state index >= 15 is 0 Å². The van der Waals surface area contributed by atoms with E-state index in [2.05, 4.69) is 82.7 Å². The molecule has 8 aliphatic heterocycles. The second-order valence-electron chi connectivity index (χ2n) is 36.7. The highest BCUT2D eigenvalue weighted by molar-refractivity contribution is 7.87. The number of rotatable bonds is 36. The van der Waals surface area contributed by atoms with E-state index in [0.717, 1.165) is 40.8 Å². The van der Waals surface area contributed by atoms with E-state index in [9.17, 15) is 69.5 Å². The zero-order chi connectivity index (χ0) is 89.9. The van der Waals surface area contributed by atoms with Crippen molar-refractivity contribution in [3.05, 3.63) is 106 Å². The Kier molecular flexibility index (Phi) is 29.2. The Balaban J connectivity index is 0.000000241. The Bertz CT molecular complexity index is 4970. The van der Waals surface area contributed by atoms with Gasteiger partial charge in [0, 0.05) is 127 Å². The highest BCUT2D eigenvalue weighted by atomic mass is 32.2. The zero-order valence-electron chi connectivity index (χ0n) is 73.1. The molecule has 0 spiro atoms. The molecule has 0 unspecified atom stereocenters. The first-order valence-corrected chi connectivity index (χ1v) is 57.4. The maximum absolute atomic E-state index is 14.1. The monoisotopic (exact) mass is 1800 g/mol. The van der Waals surface area contributed by atoms with E-state index in [1.54, 1.807) is 49.5 Å². The van der Waals surface area contributed by atoms with E-state index in [4.69, 9.17) is 47.4 Å². The third kappa shape index (κ3) is 22.2. The van der Waals surface area contributed by atoms with Gasteiger partial charge in [0.1, 0.15) is 68.3 Å². The third-order valence-electron chi connectivity index (χ3n) is 21.9. The number of carbonyl (C=O) groups is 10. The van der Waals surface area contributed by atoms with Gasteiger partial charge in [0.15, 0.2) is 34.6 Å². The summed E-state index contributed by atoms with van der Waals surface area (Å²) in [6, 6.07) is 12.2. The molecule has 8 aliphatic rings. The maximum Gasteiger partial charge on any atom is 0.534 e. The zero-order valence-corrected chi connectivity index (χ0v) is 77.9. The van der Waals surface area contributed by atoms with Crippen LogP contribution in [-0.2, 0) is 62.0 Å². The fourth-order valence-corrected chi connectivity index (χ4v) is 18.4. The van der Waals surface area contributed by atoms with Gasteiger partial charge in [0.2, 0.25) is 0 Å². The lowest BCUT2D eigenvalue weighted by molar-refractivity contribution is -0.124. The van der Waals surface area contributed by atoms with Gasteiger partial charge in [0.25, 0.3) is 47.3 Å². The third-order valence-corrected chi connectivity index (χ3v) is 29.7. The minimum atomic E-state index is -6.06. The molecule has 0 aliphatic carbocycles. The number of Topliss-reactive ketones (excluding diaryl/α,β-unsaturated/α-hetero) is 2. The summed E-state index contributed by atoms with van der Waals surface area (Å²) in [7, 11) is -8.95. The number of ketones is 2. The lowest BCUT2D eigenvalue weighted by Crippen LogP contribution is -2.45. The van der Waals surface area contributed by atoms with Crippen molar-refractivity contribution in [1.29, 1.82) is 0 Å². The topological polar surface area (TPSA) is 332 Å². The second-order valence-corrected chi connectivity index (χ2v) is 60.7. The molecule has 12 rings (SSSR count). The van der Waals surface area contributed by atoms with E-state index in [-0.39, 0.29) is 160 Å². The van der Waals surface area contributed by atoms with Crippen molar-refractivity contribution in [2.24, 2.45) is 0 Å². The molecule has 2 fully saturated rings. The number of nitrogens with zero attached hydrogens (tertiary/aromatic N) is 8. The Labute approximate surface area is 719 Å². The van der Waals surface area contributed by atoms with Gasteiger partial charge in [-0.2, -0.15) is 21.6 Å². The smallest absolute Gasteiger partial charge is 0.493 e. The Morgan fingerprint density at radius 1 is 0.382 bits per heavy atom. The summed E-state index contributed by atoms with van der Waals surface area (Å²) >= 11 is 0. The van der Waals surface area contributed by atoms with Crippen molar-refractivity contribution in [3.63, 3.8) is 0 Å². The van der Waals surface area contributed by atoms with Crippen LogP contribution >= 0.6 is 0 Å². The Morgan fingerprint density at radius 3 is 1.04 bits per heavy atom. The van der Waals surface area contributed by atoms with Gasteiger partial charge >= 0.3 is 15.6 Å². The molecule has 4 aromatic rings. The lowest BCUT2D eigenvalue weighted by Gasteiger charge is -2.27. The number of benzene rings is 4. The quantitative estimate of drug-likeness (QED) is 0.0177. The van der Waals surface area contributed by atoms with Crippen LogP contribution in [-0.4, -0.2) is 256 Å². The standard InChI is InChI=1S/C43H57F3N4O12SSi2.C41H56N4O11Si2/c1-27-17-34-41(53)50(26-59-14-16-65(7,8)9)33-22-38(37(57-3)20-31(33)40(52)47(34)23-27)61-12-10-11-60-36-21-32-30(18-28(36)2)39(51)48-24-29(62-63(55,56)43(44,45)46)19-35(48)42(54)49(32)25-58-13-15-64(4,5)6;1-26-16-29-31(44(24-53-12-14-57(3,4)5)40(50)33-17-27(46)22-42(33)38(29)48)20-35(26)55-10-9-11-56-37-21-32-30(19-36(37)52-2)39(49)43-23-28(47)18-34(43)41(51)45(32)25-54-13-15-58(6,7)8/h18,20-24,34-35H,10-17,19,25-26H2,1-9H3;16,19-21,33-34H,9-15,17-18,22-25H2,1-8H3/t34-,35-;33-,34-/m00/s1. The van der Waals surface area contributed by atoms with Crippen LogP contribution < -0.4 is 48.0 Å². The van der Waals surface area contributed by atoms with Gasteiger partial charge in [-0.3, -0.25) is 72.4 Å². The van der Waals surface area contributed by atoms with Gasteiger partial charge in [0.05, 0.1) is 98.7 Å². The summed E-state index contributed by atoms with van der Waals surface area (Å²) in [6.07, 6.45) is 2.95. The number of carbonyl (C=O) groups excluding carboxylic acids is 10. The normalized spacial score (nSPS) is 19.3. The number of fused-ring (bicyclic) bond motifs is 8. The molecule has 4 atom stereocenters. The van der Waals surface area contributed by atoms with Gasteiger partial charge in [-0.15, -0.1) is 0 Å². The van der Waals surface area contributed by atoms with Crippen LogP contribution in [0.2, 0.25) is 103 Å². The van der Waals surface area contributed by atoms with Crippen molar-refractivity contribution in [1.82, 2.24) is 19.6 Å². The molecule has 8 amide bonds. The van der Waals surface area contributed by atoms with Crippen LogP contribution in [0.15, 0.2) is 72.3 Å². The van der Waals surface area contributed by atoms with Crippen LogP contribution in [0, 0.1) is 13.8 Å². The van der Waals surface area contributed by atoms with Crippen molar-refractivity contribution >= 4 is 124 Å². The van der Waals surface area contributed by atoms with Crippen LogP contribution in [0.4, 0.5) is 35.9 Å². The lowest BCUT2D eigenvalue weighted by atomic mass is 10.1. The molecule has 0 aromatic heterocycles. The van der Waals surface area contributed by atoms with Crippen LogP contribution in [0.1, 0.15) is 98.0 Å². The summed E-state index contributed by atoms with van der Waals surface area (Å²) in [5.41, 5.74) is -1.69. The van der Waals surface area contributed by atoms with Gasteiger partial charge in [-0.1, -0.05) is 84.1 Å². The number of aryl methyl sites for hydroxylation is 2. The minimum absolute atomic E-state index is 0.00774. The SMILES string of the molecule is COc1cc2c(cc1OCCCOc1cc3c(cc1C)C(=O)N1C=C(OS(=O)(=O)C(F)(F)F)C[C@H]1C(=O)N3COCC[Si](C)(C)C)N(COCC[Si](C)(C)C)C(=O)[C@@H]1CC(C)=CN1C2=O.COc1cc2c(cc1OCCCOc1cc3c(cc1C)C(=O)N1CC(=O)C[C@H]1C(=O)N3COCC[Si](C)(C)C)N(COCC[Si](C)(C)C)C(=O)[C@@H]1CC(=O)CN1C2=O. The number of anilines is 4. The number of halogens is 3. The average Bonchev–Trinajstić information content (AvgIpc) is 1.65. The summed E-state index contributed by atoms with van der Waals surface area (Å²) < 4.78 is 127. The first-order chi connectivity index (χ1) is 57.7. The summed E-state index contributed by atoms with van der Waals surface area (Å²) in [4.78, 5) is 147. The number of ether oxygens (including phenoxy) is 10. The van der Waals surface area contributed by atoms with Crippen LogP contribution in [0.3, 0.4) is 0 Å². The van der Waals surface area contributed by atoms with E-state index < -0.39 is 102 Å².